The summed E-state index contributed by atoms with van der Waals surface area (Å²) in [5.41, 5.74) is 3.99. The zero-order chi connectivity index (χ0) is 15.5. The van der Waals surface area contributed by atoms with E-state index >= 15 is 0 Å². The van der Waals surface area contributed by atoms with E-state index in [1.165, 1.54) is 0 Å². The number of H-pyrrole nitrogens is 1. The lowest BCUT2D eigenvalue weighted by Gasteiger charge is -2.08. The van der Waals surface area contributed by atoms with Gasteiger partial charge in [-0.2, -0.15) is 0 Å². The van der Waals surface area contributed by atoms with Gasteiger partial charge in [0.05, 0.1) is 28.5 Å². The molecule has 0 saturated heterocycles. The second-order valence-corrected chi connectivity index (χ2v) is 6.00. The van der Waals surface area contributed by atoms with E-state index in [0.29, 0.717) is 12.4 Å². The van der Waals surface area contributed by atoms with Gasteiger partial charge in [0.25, 0.3) is 0 Å². The molecule has 6 heteroatoms. The number of nitrogens with one attached hydrogen (secondary N) is 2. The van der Waals surface area contributed by atoms with Gasteiger partial charge in [-0.3, -0.25) is 0 Å². The number of hydrogen-bond acceptors (Lipinski definition) is 3. The minimum atomic E-state index is 0.447. The van der Waals surface area contributed by atoms with Gasteiger partial charge in [-0.05, 0) is 45.8 Å². The van der Waals surface area contributed by atoms with Crippen LogP contribution < -0.4 is 10.1 Å². The topological polar surface area (TPSA) is 49.9 Å². The van der Waals surface area contributed by atoms with Crippen LogP contribution in [0.1, 0.15) is 11.3 Å². The summed E-state index contributed by atoms with van der Waals surface area (Å²) >= 11 is 9.39. The van der Waals surface area contributed by atoms with Gasteiger partial charge in [0.2, 0.25) is 0 Å². The van der Waals surface area contributed by atoms with Gasteiger partial charge < -0.3 is 15.0 Å². The molecule has 0 fully saturated rings. The first-order valence-corrected chi connectivity index (χ1v) is 8.13. The summed E-state index contributed by atoms with van der Waals surface area (Å²) in [4.78, 5) is 7.85. The number of pyridine rings is 1. The monoisotopic (exact) mass is 379 g/mol. The largest absolute Gasteiger partial charge is 0.497 e. The van der Waals surface area contributed by atoms with Gasteiger partial charge in [-0.15, -0.1) is 11.6 Å². The lowest BCUT2D eigenvalue weighted by molar-refractivity contribution is 0.414. The molecule has 0 aliphatic carbocycles. The maximum atomic E-state index is 5.85. The molecule has 0 amide bonds. The maximum absolute atomic E-state index is 5.85. The summed E-state index contributed by atoms with van der Waals surface area (Å²) in [6.45, 7) is 0.688. The third kappa shape index (κ3) is 3.20. The van der Waals surface area contributed by atoms with Crippen LogP contribution in [-0.2, 0) is 12.4 Å². The third-order valence-corrected chi connectivity index (χ3v) is 4.27. The normalized spacial score (nSPS) is 10.9. The molecule has 2 N–H and O–H groups in total. The van der Waals surface area contributed by atoms with Crippen molar-refractivity contribution in [2.45, 2.75) is 12.4 Å². The zero-order valence-corrected chi connectivity index (χ0v) is 14.3. The number of fused-ring (bicyclic) bond motifs is 1. The lowest BCUT2D eigenvalue weighted by atomic mass is 10.2. The molecule has 0 saturated carbocycles. The SMILES string of the molecule is COc1ccc(CNc2nc3cc(CCl)[nH]c3cc2Br)cc1. The van der Waals surface area contributed by atoms with Crippen molar-refractivity contribution in [1.29, 1.82) is 0 Å². The highest BCUT2D eigenvalue weighted by Crippen LogP contribution is 2.26. The van der Waals surface area contributed by atoms with Crippen LogP contribution in [0.4, 0.5) is 5.82 Å². The van der Waals surface area contributed by atoms with Crippen LogP contribution in [0.3, 0.4) is 0 Å². The van der Waals surface area contributed by atoms with Gasteiger partial charge >= 0.3 is 0 Å². The fraction of sp³-hybridized carbons (Fsp3) is 0.188. The number of ether oxygens (including phenoxy) is 1. The number of benzene rings is 1. The van der Waals surface area contributed by atoms with Crippen LogP contribution in [0.15, 0.2) is 40.9 Å². The van der Waals surface area contributed by atoms with Crippen molar-refractivity contribution in [2.24, 2.45) is 0 Å². The van der Waals surface area contributed by atoms with Crippen LogP contribution in [-0.4, -0.2) is 17.1 Å². The van der Waals surface area contributed by atoms with Crippen LogP contribution in [0.25, 0.3) is 11.0 Å². The number of anilines is 1. The Morgan fingerprint density at radius 1 is 1.27 bits per heavy atom. The third-order valence-electron chi connectivity index (χ3n) is 3.37. The van der Waals surface area contributed by atoms with Crippen molar-refractivity contribution in [3.05, 3.63) is 52.1 Å². The van der Waals surface area contributed by atoms with Crippen molar-refractivity contribution < 1.29 is 4.74 Å². The van der Waals surface area contributed by atoms with E-state index < -0.39 is 0 Å². The Bertz CT molecular complexity index is 786. The number of halogens is 2. The van der Waals surface area contributed by atoms with Crippen molar-refractivity contribution in [2.75, 3.05) is 12.4 Å². The molecule has 0 spiro atoms. The Kier molecular flexibility index (Phi) is 4.55. The van der Waals surface area contributed by atoms with Gasteiger partial charge in [-0.25, -0.2) is 4.98 Å². The van der Waals surface area contributed by atoms with E-state index in [1.807, 2.05) is 36.4 Å². The van der Waals surface area contributed by atoms with E-state index in [9.17, 15) is 0 Å². The van der Waals surface area contributed by atoms with Gasteiger partial charge in [0, 0.05) is 12.2 Å². The Morgan fingerprint density at radius 3 is 2.73 bits per heavy atom. The number of methoxy groups -OCH3 is 1. The Balaban J connectivity index is 1.78. The lowest BCUT2D eigenvalue weighted by Crippen LogP contribution is -2.02. The minimum Gasteiger partial charge on any atom is -0.497 e. The van der Waals surface area contributed by atoms with Gasteiger partial charge in [-0.1, -0.05) is 12.1 Å². The Hall–Kier alpha value is -1.72. The molecule has 2 heterocycles. The molecule has 2 aromatic heterocycles. The number of alkyl halides is 1. The number of nitrogens with zero attached hydrogens (tertiary/aromatic N) is 1. The number of hydrogen-bond donors (Lipinski definition) is 2. The van der Waals surface area contributed by atoms with Gasteiger partial charge in [0.1, 0.15) is 11.6 Å². The summed E-state index contributed by atoms with van der Waals surface area (Å²) in [5, 5.41) is 3.34. The van der Waals surface area contributed by atoms with Crippen molar-refractivity contribution in [1.82, 2.24) is 9.97 Å². The Morgan fingerprint density at radius 2 is 2.05 bits per heavy atom. The highest BCUT2D eigenvalue weighted by atomic mass is 79.9. The molecule has 0 aliphatic heterocycles. The van der Waals surface area contributed by atoms with Crippen LogP contribution in [0.2, 0.25) is 0 Å². The van der Waals surface area contributed by atoms with Crippen molar-refractivity contribution >= 4 is 44.4 Å². The summed E-state index contributed by atoms with van der Waals surface area (Å²) in [7, 11) is 1.66. The molecule has 0 radical (unpaired) electrons. The first kappa shape index (κ1) is 15.2. The first-order valence-electron chi connectivity index (χ1n) is 6.80. The predicted molar refractivity (Wildman–Crippen MR) is 93.7 cm³/mol. The molecule has 0 bridgehead atoms. The highest BCUT2D eigenvalue weighted by molar-refractivity contribution is 9.10. The molecule has 22 heavy (non-hydrogen) atoms. The van der Waals surface area contributed by atoms with E-state index in [4.69, 9.17) is 16.3 Å². The van der Waals surface area contributed by atoms with Crippen LogP contribution in [0, 0.1) is 0 Å². The molecule has 0 unspecified atom stereocenters. The quantitative estimate of drug-likeness (QED) is 0.632. The first-order chi connectivity index (χ1) is 10.7. The highest BCUT2D eigenvalue weighted by Gasteiger charge is 2.07. The van der Waals surface area contributed by atoms with Crippen molar-refractivity contribution in [3.8, 4) is 5.75 Å². The van der Waals surface area contributed by atoms with E-state index in [0.717, 1.165) is 38.3 Å². The molecule has 114 valence electrons. The second-order valence-electron chi connectivity index (χ2n) is 4.88. The molecule has 3 rings (SSSR count). The van der Waals surface area contributed by atoms with Gasteiger partial charge in [0.15, 0.2) is 0 Å². The second kappa shape index (κ2) is 6.58. The van der Waals surface area contributed by atoms with E-state index in [2.05, 4.69) is 31.2 Å². The molecule has 0 aliphatic rings. The van der Waals surface area contributed by atoms with Crippen molar-refractivity contribution in [3.63, 3.8) is 0 Å². The molecule has 4 nitrogen and oxygen atoms in total. The predicted octanol–water partition coefficient (Wildman–Crippen LogP) is 4.68. The van der Waals surface area contributed by atoms with E-state index in [-0.39, 0.29) is 0 Å². The molecular weight excluding hydrogens is 366 g/mol. The minimum absolute atomic E-state index is 0.447. The maximum Gasteiger partial charge on any atom is 0.141 e. The summed E-state index contributed by atoms with van der Waals surface area (Å²) < 4.78 is 6.07. The average molecular weight is 381 g/mol. The molecular formula is C16H15BrClN3O. The number of aromatic amines is 1. The summed E-state index contributed by atoms with van der Waals surface area (Å²) in [6.07, 6.45) is 0. The summed E-state index contributed by atoms with van der Waals surface area (Å²) in [6, 6.07) is 11.9. The molecule has 1 aromatic carbocycles. The smallest absolute Gasteiger partial charge is 0.141 e. The zero-order valence-electron chi connectivity index (χ0n) is 12.0. The van der Waals surface area contributed by atoms with E-state index in [1.54, 1.807) is 7.11 Å². The number of aromatic nitrogens is 2. The average Bonchev–Trinajstić information content (AvgIpc) is 2.95. The summed E-state index contributed by atoms with van der Waals surface area (Å²) in [5.74, 6) is 2.11. The molecule has 3 aromatic rings. The Labute approximate surface area is 142 Å². The molecule has 0 atom stereocenters. The van der Waals surface area contributed by atoms with Crippen LogP contribution in [0.5, 0.6) is 5.75 Å². The van der Waals surface area contributed by atoms with Crippen LogP contribution >= 0.6 is 27.5 Å². The number of rotatable bonds is 5. The standard InChI is InChI=1S/C16H15BrClN3O/c1-22-12-4-2-10(3-5-12)9-19-16-13(17)7-15-14(21-16)6-11(8-18)20-15/h2-7,20H,8-9H2,1H3,(H,19,21). The fourth-order valence-corrected chi connectivity index (χ4v) is 2.81. The fourth-order valence-electron chi connectivity index (χ4n) is 2.21.